The highest BCUT2D eigenvalue weighted by Crippen LogP contribution is 2.05. The number of rotatable bonds is 2. The molecule has 0 aliphatic carbocycles. The summed E-state index contributed by atoms with van der Waals surface area (Å²) < 4.78 is 4.82. The van der Waals surface area contributed by atoms with E-state index in [1.54, 1.807) is 0 Å². The Kier molecular flexibility index (Phi) is 2.67. The third-order valence-electron chi connectivity index (χ3n) is 0.671. The van der Waals surface area contributed by atoms with Crippen molar-refractivity contribution in [1.29, 1.82) is 0 Å². The molecular weight excluding hydrogens is 142 g/mol. The molecule has 0 unspecified atom stereocenters. The lowest BCUT2D eigenvalue weighted by Crippen LogP contribution is -2.49. The van der Waals surface area contributed by atoms with E-state index < -0.39 is 16.5 Å². The maximum Gasteiger partial charge on any atom is 0.126 e. The predicted molar refractivity (Wildman–Crippen MR) is 48.8 cm³/mol. The number of hydrogen-bond acceptors (Lipinski definition) is 0. The Balaban J connectivity index is 3.75. The molecule has 1 radical (unpaired) electrons. The summed E-state index contributed by atoms with van der Waals surface area (Å²) >= 11 is 0. The van der Waals surface area contributed by atoms with Gasteiger partial charge in [-0.2, -0.15) is 0 Å². The van der Waals surface area contributed by atoms with Crippen LogP contribution in [0, 0.1) is 0 Å². The first kappa shape index (κ1) is 9.39. The van der Waals surface area contributed by atoms with Crippen LogP contribution in [0.4, 0.5) is 0 Å². The van der Waals surface area contributed by atoms with Crippen LogP contribution < -0.4 is 4.65 Å². The molecule has 0 fully saturated rings. The molecule has 55 valence electrons. The lowest BCUT2D eigenvalue weighted by atomic mass is 11.8. The van der Waals surface area contributed by atoms with Gasteiger partial charge in [-0.25, -0.2) is 0 Å². The highest BCUT2D eigenvalue weighted by atomic mass is 28.4. The second-order valence-corrected chi connectivity index (χ2v) is 14.0. The molecule has 1 nitrogen and oxygen atoms in total. The van der Waals surface area contributed by atoms with Gasteiger partial charge >= 0.3 is 0 Å². The van der Waals surface area contributed by atoms with Crippen LogP contribution in [0.25, 0.3) is 0 Å². The van der Waals surface area contributed by atoms with Crippen LogP contribution in [-0.2, 0) is 0 Å². The van der Waals surface area contributed by atoms with Crippen molar-refractivity contribution in [2.75, 3.05) is 0 Å². The van der Waals surface area contributed by atoms with E-state index in [4.69, 9.17) is 4.65 Å². The Hall–Kier alpha value is 0.394. The molecule has 0 N–H and O–H groups in total. The third-order valence-corrected chi connectivity index (χ3v) is 6.04. The first-order valence-electron chi connectivity index (χ1n) is 3.45. The third kappa shape index (κ3) is 8.39. The van der Waals surface area contributed by atoms with Crippen molar-refractivity contribution in [1.82, 2.24) is 4.65 Å². The van der Waals surface area contributed by atoms with E-state index in [0.717, 1.165) is 0 Å². The van der Waals surface area contributed by atoms with E-state index in [-0.39, 0.29) is 0 Å². The molecule has 0 aromatic heterocycles. The molecule has 3 heteroatoms. The van der Waals surface area contributed by atoms with Gasteiger partial charge in [0.05, 0.1) is 0 Å². The smallest absolute Gasteiger partial charge is 0.126 e. The molecule has 0 atom stereocenters. The lowest BCUT2D eigenvalue weighted by molar-refractivity contribution is 1.28. The molecule has 0 aromatic carbocycles. The van der Waals surface area contributed by atoms with Crippen LogP contribution in [0.2, 0.25) is 39.3 Å². The van der Waals surface area contributed by atoms with E-state index in [1.165, 1.54) is 0 Å². The summed E-state index contributed by atoms with van der Waals surface area (Å²) in [7, 11) is -2.21. The molecule has 0 saturated carbocycles. The minimum Gasteiger partial charge on any atom is -0.296 e. The summed E-state index contributed by atoms with van der Waals surface area (Å²) in [5, 5.41) is 0. The highest BCUT2D eigenvalue weighted by Gasteiger charge is 2.23. The van der Waals surface area contributed by atoms with Crippen molar-refractivity contribution in [3.63, 3.8) is 0 Å². The van der Waals surface area contributed by atoms with Crippen molar-refractivity contribution >= 4 is 16.5 Å². The summed E-state index contributed by atoms with van der Waals surface area (Å²) in [6.07, 6.45) is 0. The van der Waals surface area contributed by atoms with E-state index >= 15 is 0 Å². The van der Waals surface area contributed by atoms with Crippen molar-refractivity contribution in [2.24, 2.45) is 0 Å². The Morgan fingerprint density at radius 3 is 0.889 bits per heavy atom. The standard InChI is InChI=1S/C6H18NSi2/c1-8(2,3)7-9(4,5)6/h1-6H3. The second kappa shape index (κ2) is 2.56. The van der Waals surface area contributed by atoms with Gasteiger partial charge < -0.3 is 0 Å². The van der Waals surface area contributed by atoms with Gasteiger partial charge in [0.1, 0.15) is 16.5 Å². The molecule has 0 heterocycles. The number of hydrogen-bond donors (Lipinski definition) is 0. The van der Waals surface area contributed by atoms with Gasteiger partial charge in [-0.1, -0.05) is 39.3 Å². The van der Waals surface area contributed by atoms with E-state index in [9.17, 15) is 0 Å². The Bertz CT molecular complexity index is 76.2. The van der Waals surface area contributed by atoms with Crippen molar-refractivity contribution < 1.29 is 0 Å². The van der Waals surface area contributed by atoms with Gasteiger partial charge in [-0.15, -0.1) is 0 Å². The lowest BCUT2D eigenvalue weighted by Gasteiger charge is -2.26. The maximum atomic E-state index is 4.82. The fraction of sp³-hybridized carbons (Fsp3) is 1.00. The first-order valence-corrected chi connectivity index (χ1v) is 10.3. The largest absolute Gasteiger partial charge is 0.296 e. The molecule has 0 spiro atoms. The monoisotopic (exact) mass is 160 g/mol. The molecule has 9 heavy (non-hydrogen) atoms. The van der Waals surface area contributed by atoms with E-state index in [2.05, 4.69) is 39.3 Å². The molecule has 0 aliphatic heterocycles. The predicted octanol–water partition coefficient (Wildman–Crippen LogP) is 2.26. The van der Waals surface area contributed by atoms with Gasteiger partial charge in [0.2, 0.25) is 0 Å². The zero-order valence-electron chi connectivity index (χ0n) is 7.45. The van der Waals surface area contributed by atoms with Gasteiger partial charge in [-0.05, 0) is 0 Å². The Labute approximate surface area is 61.0 Å². The second-order valence-electron chi connectivity index (χ2n) is 4.45. The maximum absolute atomic E-state index is 4.82. The Morgan fingerprint density at radius 2 is 0.889 bits per heavy atom. The molecular formula is C6H18NSi2. The van der Waals surface area contributed by atoms with Crippen molar-refractivity contribution in [3.8, 4) is 0 Å². The molecule has 0 aromatic rings. The van der Waals surface area contributed by atoms with Crippen LogP contribution in [0.1, 0.15) is 0 Å². The van der Waals surface area contributed by atoms with Crippen LogP contribution in [0.3, 0.4) is 0 Å². The summed E-state index contributed by atoms with van der Waals surface area (Å²) in [5.74, 6) is 0. The fourth-order valence-electron chi connectivity index (χ4n) is 1.01. The van der Waals surface area contributed by atoms with Gasteiger partial charge in [0.25, 0.3) is 0 Å². The molecule has 0 amide bonds. The van der Waals surface area contributed by atoms with Crippen molar-refractivity contribution in [3.05, 3.63) is 0 Å². The summed E-state index contributed by atoms with van der Waals surface area (Å²) in [6, 6.07) is 0. The zero-order valence-corrected chi connectivity index (χ0v) is 9.45. The Morgan fingerprint density at radius 1 is 0.667 bits per heavy atom. The average Bonchev–Trinajstić information content (AvgIpc) is 1.14. The first-order chi connectivity index (χ1) is 3.71. The normalized spacial score (nSPS) is 14.0. The van der Waals surface area contributed by atoms with Crippen molar-refractivity contribution in [2.45, 2.75) is 39.3 Å². The van der Waals surface area contributed by atoms with E-state index in [1.807, 2.05) is 0 Å². The van der Waals surface area contributed by atoms with Gasteiger partial charge in [0, 0.05) is 0 Å². The van der Waals surface area contributed by atoms with Crippen LogP contribution in [0.5, 0.6) is 0 Å². The molecule has 0 rings (SSSR count). The molecule has 0 saturated heterocycles. The summed E-state index contributed by atoms with van der Waals surface area (Å²) in [6.45, 7) is 13.8. The van der Waals surface area contributed by atoms with E-state index in [0.29, 0.717) is 0 Å². The fourth-order valence-corrected chi connectivity index (χ4v) is 9.06. The van der Waals surface area contributed by atoms with Crippen LogP contribution in [0.15, 0.2) is 0 Å². The quantitative estimate of drug-likeness (QED) is 0.550. The number of nitrogens with zero attached hydrogens (tertiary/aromatic N) is 1. The van der Waals surface area contributed by atoms with Gasteiger partial charge in [0.15, 0.2) is 0 Å². The SMILES string of the molecule is C[Si](C)(C)[N][Si](C)(C)C. The topological polar surface area (TPSA) is 14.1 Å². The van der Waals surface area contributed by atoms with Crippen LogP contribution >= 0.6 is 0 Å². The van der Waals surface area contributed by atoms with Crippen LogP contribution in [-0.4, -0.2) is 16.5 Å². The summed E-state index contributed by atoms with van der Waals surface area (Å²) in [4.78, 5) is 0. The minimum atomic E-state index is -1.11. The molecule has 0 bridgehead atoms. The average molecular weight is 160 g/mol. The van der Waals surface area contributed by atoms with Gasteiger partial charge in [-0.3, -0.25) is 4.65 Å². The zero-order chi connectivity index (χ0) is 7.71. The highest BCUT2D eigenvalue weighted by molar-refractivity contribution is 6.89. The molecule has 0 aliphatic rings. The summed E-state index contributed by atoms with van der Waals surface area (Å²) in [5.41, 5.74) is 0. The minimum absolute atomic E-state index is 1.11.